The second kappa shape index (κ2) is 5.09. The van der Waals surface area contributed by atoms with Crippen LogP contribution in [-0.4, -0.2) is 33.9 Å². The topological polar surface area (TPSA) is 105 Å². The molecule has 0 aliphatic carbocycles. The molecule has 0 amide bonds. The summed E-state index contributed by atoms with van der Waals surface area (Å²) in [6, 6.07) is 6.56. The molecular weight excluding hydrogens is 221 g/mol. The first-order chi connectivity index (χ1) is 8.20. The standard InChI is InChI=1S/C10H12BN3O3/c12-6-5-9-13-14-10(17-9)7-1-3-8(4-2-7)11(15)16/h1-4,15-16H,5-6,12H2. The lowest BCUT2D eigenvalue weighted by atomic mass is 9.80. The highest BCUT2D eigenvalue weighted by molar-refractivity contribution is 6.58. The maximum atomic E-state index is 8.95. The lowest BCUT2D eigenvalue weighted by molar-refractivity contribution is 0.426. The van der Waals surface area contributed by atoms with E-state index in [0.717, 1.165) is 5.56 Å². The summed E-state index contributed by atoms with van der Waals surface area (Å²) >= 11 is 0. The van der Waals surface area contributed by atoms with E-state index in [4.69, 9.17) is 20.2 Å². The second-order valence-electron chi connectivity index (χ2n) is 3.54. The first-order valence-electron chi connectivity index (χ1n) is 5.19. The third-order valence-electron chi connectivity index (χ3n) is 2.28. The van der Waals surface area contributed by atoms with Crippen LogP contribution in [0.1, 0.15) is 5.89 Å². The maximum absolute atomic E-state index is 8.95. The van der Waals surface area contributed by atoms with Gasteiger partial charge in [-0.15, -0.1) is 10.2 Å². The Morgan fingerprint density at radius 1 is 1.18 bits per heavy atom. The molecule has 0 spiro atoms. The Hall–Kier alpha value is -1.70. The van der Waals surface area contributed by atoms with Crippen LogP contribution in [0, 0.1) is 0 Å². The minimum Gasteiger partial charge on any atom is -0.423 e. The molecule has 1 aromatic carbocycles. The van der Waals surface area contributed by atoms with Crippen LogP contribution in [-0.2, 0) is 6.42 Å². The Kier molecular flexibility index (Phi) is 3.53. The molecule has 0 radical (unpaired) electrons. The van der Waals surface area contributed by atoms with Crippen LogP contribution in [0.5, 0.6) is 0 Å². The summed E-state index contributed by atoms with van der Waals surface area (Å²) in [7, 11) is -1.47. The van der Waals surface area contributed by atoms with Crippen LogP contribution < -0.4 is 11.2 Å². The third-order valence-corrected chi connectivity index (χ3v) is 2.28. The van der Waals surface area contributed by atoms with Crippen molar-refractivity contribution in [3.63, 3.8) is 0 Å². The zero-order valence-corrected chi connectivity index (χ0v) is 9.08. The first-order valence-corrected chi connectivity index (χ1v) is 5.19. The van der Waals surface area contributed by atoms with Gasteiger partial charge in [-0.25, -0.2) is 0 Å². The summed E-state index contributed by atoms with van der Waals surface area (Å²) in [5.74, 6) is 0.890. The average Bonchev–Trinajstić information content (AvgIpc) is 2.78. The van der Waals surface area contributed by atoms with Crippen molar-refractivity contribution in [3.8, 4) is 11.5 Å². The zero-order chi connectivity index (χ0) is 12.3. The Morgan fingerprint density at radius 2 is 1.88 bits per heavy atom. The molecule has 1 heterocycles. The Bertz CT molecular complexity index is 484. The number of hydrogen-bond acceptors (Lipinski definition) is 6. The quantitative estimate of drug-likeness (QED) is 0.580. The van der Waals surface area contributed by atoms with Gasteiger partial charge in [0, 0.05) is 18.5 Å². The van der Waals surface area contributed by atoms with Crippen LogP contribution in [0.15, 0.2) is 28.7 Å². The van der Waals surface area contributed by atoms with Crippen LogP contribution in [0.25, 0.3) is 11.5 Å². The molecule has 0 atom stereocenters. The number of nitrogens with two attached hydrogens (primary N) is 1. The highest BCUT2D eigenvalue weighted by Crippen LogP contribution is 2.16. The Morgan fingerprint density at radius 3 is 2.47 bits per heavy atom. The van der Waals surface area contributed by atoms with E-state index in [9.17, 15) is 0 Å². The summed E-state index contributed by atoms with van der Waals surface area (Å²) in [5.41, 5.74) is 6.52. The van der Waals surface area contributed by atoms with E-state index in [0.29, 0.717) is 30.2 Å². The molecule has 7 heteroatoms. The fraction of sp³-hybridized carbons (Fsp3) is 0.200. The summed E-state index contributed by atoms with van der Waals surface area (Å²) < 4.78 is 5.38. The number of hydrogen-bond donors (Lipinski definition) is 3. The predicted octanol–water partition coefficient (Wildman–Crippen LogP) is -1.08. The van der Waals surface area contributed by atoms with Gasteiger partial charge in [-0.05, 0) is 17.6 Å². The fourth-order valence-corrected chi connectivity index (χ4v) is 1.39. The van der Waals surface area contributed by atoms with Crippen LogP contribution in [0.2, 0.25) is 0 Å². The number of benzene rings is 1. The molecule has 0 unspecified atom stereocenters. The minimum atomic E-state index is -1.47. The van der Waals surface area contributed by atoms with Gasteiger partial charge >= 0.3 is 7.12 Å². The van der Waals surface area contributed by atoms with Crippen molar-refractivity contribution in [2.75, 3.05) is 6.54 Å². The van der Waals surface area contributed by atoms with Gasteiger partial charge in [-0.3, -0.25) is 0 Å². The third kappa shape index (κ3) is 2.70. The molecule has 2 aromatic rings. The summed E-state index contributed by atoms with van der Waals surface area (Å²) in [6.45, 7) is 0.456. The van der Waals surface area contributed by atoms with E-state index in [-0.39, 0.29) is 0 Å². The molecule has 0 bridgehead atoms. The predicted molar refractivity (Wildman–Crippen MR) is 62.3 cm³/mol. The van der Waals surface area contributed by atoms with Crippen molar-refractivity contribution in [3.05, 3.63) is 30.2 Å². The molecule has 1 aromatic heterocycles. The smallest absolute Gasteiger partial charge is 0.423 e. The molecular formula is C10H12BN3O3. The van der Waals surface area contributed by atoms with Gasteiger partial charge in [-0.2, -0.15) is 0 Å². The average molecular weight is 233 g/mol. The van der Waals surface area contributed by atoms with E-state index in [1.54, 1.807) is 24.3 Å². The van der Waals surface area contributed by atoms with Crippen molar-refractivity contribution >= 4 is 12.6 Å². The van der Waals surface area contributed by atoms with Gasteiger partial charge < -0.3 is 20.2 Å². The summed E-state index contributed by atoms with van der Waals surface area (Å²) in [4.78, 5) is 0. The van der Waals surface area contributed by atoms with E-state index in [1.807, 2.05) is 0 Å². The molecule has 17 heavy (non-hydrogen) atoms. The Labute approximate surface area is 98.2 Å². The van der Waals surface area contributed by atoms with Gasteiger partial charge in [0.15, 0.2) is 0 Å². The highest BCUT2D eigenvalue weighted by Gasteiger charge is 2.12. The second-order valence-corrected chi connectivity index (χ2v) is 3.54. The maximum Gasteiger partial charge on any atom is 0.488 e. The number of aromatic nitrogens is 2. The summed E-state index contributed by atoms with van der Waals surface area (Å²) in [5, 5.41) is 25.6. The van der Waals surface area contributed by atoms with Crippen molar-refractivity contribution in [2.24, 2.45) is 5.73 Å². The lowest BCUT2D eigenvalue weighted by Crippen LogP contribution is -2.29. The van der Waals surface area contributed by atoms with Gasteiger partial charge in [-0.1, -0.05) is 12.1 Å². The molecule has 88 valence electrons. The molecule has 0 saturated heterocycles. The van der Waals surface area contributed by atoms with Crippen molar-refractivity contribution in [2.45, 2.75) is 6.42 Å². The van der Waals surface area contributed by atoms with E-state index < -0.39 is 7.12 Å². The molecule has 2 rings (SSSR count). The Balaban J connectivity index is 2.21. The molecule has 0 aliphatic rings. The molecule has 6 nitrogen and oxygen atoms in total. The number of rotatable bonds is 4. The number of nitrogens with zero attached hydrogens (tertiary/aromatic N) is 2. The van der Waals surface area contributed by atoms with Gasteiger partial charge in [0.25, 0.3) is 0 Å². The van der Waals surface area contributed by atoms with Crippen LogP contribution in [0.3, 0.4) is 0 Å². The van der Waals surface area contributed by atoms with E-state index >= 15 is 0 Å². The molecule has 4 N–H and O–H groups in total. The SMILES string of the molecule is NCCc1nnc(-c2ccc(B(O)O)cc2)o1. The van der Waals surface area contributed by atoms with Crippen molar-refractivity contribution < 1.29 is 14.5 Å². The monoisotopic (exact) mass is 233 g/mol. The van der Waals surface area contributed by atoms with Gasteiger partial charge in [0.05, 0.1) is 0 Å². The van der Waals surface area contributed by atoms with Crippen molar-refractivity contribution in [1.29, 1.82) is 0 Å². The molecule has 0 fully saturated rings. The minimum absolute atomic E-state index is 0.396. The largest absolute Gasteiger partial charge is 0.488 e. The summed E-state index contributed by atoms with van der Waals surface area (Å²) in [6.07, 6.45) is 0.542. The fourth-order valence-electron chi connectivity index (χ4n) is 1.39. The van der Waals surface area contributed by atoms with Gasteiger partial charge in [0.1, 0.15) is 0 Å². The lowest BCUT2D eigenvalue weighted by Gasteiger charge is -1.99. The molecule has 0 aliphatic heterocycles. The zero-order valence-electron chi connectivity index (χ0n) is 9.08. The highest BCUT2D eigenvalue weighted by atomic mass is 16.4. The van der Waals surface area contributed by atoms with Crippen molar-refractivity contribution in [1.82, 2.24) is 10.2 Å². The van der Waals surface area contributed by atoms with E-state index in [1.165, 1.54) is 0 Å². The van der Waals surface area contributed by atoms with Gasteiger partial charge in [0.2, 0.25) is 11.8 Å². The van der Waals surface area contributed by atoms with Crippen LogP contribution >= 0.6 is 0 Å². The normalized spacial score (nSPS) is 10.5. The molecule has 0 saturated carbocycles. The van der Waals surface area contributed by atoms with E-state index in [2.05, 4.69) is 10.2 Å². The van der Waals surface area contributed by atoms with Crippen LogP contribution in [0.4, 0.5) is 0 Å². The first kappa shape index (κ1) is 11.8.